The molecule has 1 aliphatic carbocycles. The number of carbonyl (C=O) groups excluding carboxylic acids is 1. The van der Waals surface area contributed by atoms with E-state index in [0.29, 0.717) is 48.7 Å². The molecule has 10 nitrogen and oxygen atoms in total. The van der Waals surface area contributed by atoms with Crippen LogP contribution in [0, 0.1) is 0 Å². The molecule has 1 saturated carbocycles. The van der Waals surface area contributed by atoms with Crippen LogP contribution in [0.3, 0.4) is 0 Å². The van der Waals surface area contributed by atoms with E-state index >= 15 is 0 Å². The van der Waals surface area contributed by atoms with Crippen LogP contribution in [0.4, 0.5) is 0 Å². The number of hydrogen-bond donors (Lipinski definition) is 1. The third-order valence-corrected chi connectivity index (χ3v) is 4.76. The van der Waals surface area contributed by atoms with Crippen LogP contribution in [0.25, 0.3) is 11.4 Å². The summed E-state index contributed by atoms with van der Waals surface area (Å²) in [6.45, 7) is 1.33. The van der Waals surface area contributed by atoms with Crippen molar-refractivity contribution >= 4 is 5.91 Å². The number of rotatable bonds is 4. The van der Waals surface area contributed by atoms with Gasteiger partial charge in [0.2, 0.25) is 17.5 Å². The molecule has 0 bridgehead atoms. The highest BCUT2D eigenvalue weighted by Gasteiger charge is 2.30. The lowest BCUT2D eigenvalue weighted by atomic mass is 10.1. The Morgan fingerprint density at radius 1 is 1.22 bits per heavy atom. The molecule has 10 heteroatoms. The molecule has 2 aromatic heterocycles. The topological polar surface area (TPSA) is 123 Å². The minimum atomic E-state index is -0.374. The lowest BCUT2D eigenvalue weighted by Gasteiger charge is -2.31. The van der Waals surface area contributed by atoms with Crippen molar-refractivity contribution in [2.24, 2.45) is 0 Å². The van der Waals surface area contributed by atoms with Crippen LogP contribution in [-0.2, 0) is 4.74 Å². The van der Waals surface area contributed by atoms with Crippen LogP contribution >= 0.6 is 0 Å². The Morgan fingerprint density at radius 3 is 2.81 bits per heavy atom. The van der Waals surface area contributed by atoms with Crippen molar-refractivity contribution in [2.45, 2.75) is 24.9 Å². The summed E-state index contributed by atoms with van der Waals surface area (Å²) in [7, 11) is 0. The molecule has 1 saturated heterocycles. The van der Waals surface area contributed by atoms with Gasteiger partial charge in [-0.3, -0.25) is 4.79 Å². The standard InChI is InChI=1S/C17H17N7O3/c25-17(24-7-8-26-13(9-24)15-19-22-23-20-15)12-5-1-10(2-6-12)14-18-16(27-21-14)11-3-4-11/h1-2,5-6,11,13H,3-4,7-9H2,(H,19,20,22,23). The van der Waals surface area contributed by atoms with Crippen molar-refractivity contribution in [1.82, 2.24) is 35.7 Å². The maximum atomic E-state index is 12.8. The summed E-state index contributed by atoms with van der Waals surface area (Å²) in [4.78, 5) is 19.0. The van der Waals surface area contributed by atoms with Gasteiger partial charge in [-0.25, -0.2) is 0 Å². The second-order valence-corrected chi connectivity index (χ2v) is 6.69. The van der Waals surface area contributed by atoms with Crippen LogP contribution in [0.15, 0.2) is 28.8 Å². The summed E-state index contributed by atoms with van der Waals surface area (Å²) in [5.41, 5.74) is 1.42. The maximum Gasteiger partial charge on any atom is 0.254 e. The molecular weight excluding hydrogens is 350 g/mol. The van der Waals surface area contributed by atoms with E-state index in [2.05, 4.69) is 30.8 Å². The summed E-state index contributed by atoms with van der Waals surface area (Å²) in [5, 5.41) is 17.8. The van der Waals surface area contributed by atoms with Crippen LogP contribution in [0.1, 0.15) is 46.9 Å². The van der Waals surface area contributed by atoms with Gasteiger partial charge >= 0.3 is 0 Å². The molecule has 138 valence electrons. The zero-order chi connectivity index (χ0) is 18.2. The molecule has 1 atom stereocenters. The van der Waals surface area contributed by atoms with Crippen molar-refractivity contribution in [3.63, 3.8) is 0 Å². The van der Waals surface area contributed by atoms with E-state index in [1.807, 2.05) is 12.1 Å². The summed E-state index contributed by atoms with van der Waals surface area (Å²) in [6, 6.07) is 7.24. The molecule has 3 heterocycles. The highest BCUT2D eigenvalue weighted by atomic mass is 16.5. The lowest BCUT2D eigenvalue weighted by Crippen LogP contribution is -2.42. The van der Waals surface area contributed by atoms with Gasteiger partial charge in [-0.2, -0.15) is 10.2 Å². The number of aromatic nitrogens is 6. The zero-order valence-electron chi connectivity index (χ0n) is 14.4. The van der Waals surface area contributed by atoms with Gasteiger partial charge in [0.15, 0.2) is 0 Å². The average Bonchev–Trinajstić information content (AvgIpc) is 3.22. The molecule has 0 radical (unpaired) electrons. The number of nitrogens with zero attached hydrogens (tertiary/aromatic N) is 6. The van der Waals surface area contributed by atoms with Crippen molar-refractivity contribution < 1.29 is 14.1 Å². The third-order valence-electron chi connectivity index (χ3n) is 4.76. The number of nitrogens with one attached hydrogen (secondary N) is 1. The predicted molar refractivity (Wildman–Crippen MR) is 90.5 cm³/mol. The number of benzene rings is 1. The Hall–Kier alpha value is -3.14. The zero-order valence-corrected chi connectivity index (χ0v) is 14.4. The first-order valence-electron chi connectivity index (χ1n) is 8.86. The van der Waals surface area contributed by atoms with Crippen molar-refractivity contribution in [3.8, 4) is 11.4 Å². The molecular formula is C17H17N7O3. The van der Waals surface area contributed by atoms with Crippen LogP contribution in [0.5, 0.6) is 0 Å². The highest BCUT2D eigenvalue weighted by molar-refractivity contribution is 5.94. The highest BCUT2D eigenvalue weighted by Crippen LogP contribution is 2.39. The monoisotopic (exact) mass is 367 g/mol. The first-order chi connectivity index (χ1) is 13.3. The number of hydrogen-bond acceptors (Lipinski definition) is 8. The van der Waals surface area contributed by atoms with Crippen LogP contribution in [-0.4, -0.2) is 61.3 Å². The van der Waals surface area contributed by atoms with Gasteiger partial charge in [0.05, 0.1) is 13.2 Å². The first-order valence-corrected chi connectivity index (χ1v) is 8.86. The minimum absolute atomic E-state index is 0.0647. The van der Waals surface area contributed by atoms with Gasteiger partial charge in [0.25, 0.3) is 5.91 Å². The smallest absolute Gasteiger partial charge is 0.254 e. The van der Waals surface area contributed by atoms with Gasteiger partial charge in [-0.15, -0.1) is 10.2 Å². The molecule has 2 fully saturated rings. The molecule has 3 aromatic rings. The number of tetrazole rings is 1. The Morgan fingerprint density at radius 2 is 2.07 bits per heavy atom. The Bertz CT molecular complexity index is 934. The Labute approximate surface area is 153 Å². The molecule has 2 aliphatic rings. The fraction of sp³-hybridized carbons (Fsp3) is 0.412. The van der Waals surface area contributed by atoms with Crippen LogP contribution < -0.4 is 0 Å². The van der Waals surface area contributed by atoms with Gasteiger partial charge in [-0.05, 0) is 25.0 Å². The second kappa shape index (κ2) is 6.54. The summed E-state index contributed by atoms with van der Waals surface area (Å²) < 4.78 is 10.9. The number of carbonyl (C=O) groups is 1. The minimum Gasteiger partial charge on any atom is -0.366 e. The van der Waals surface area contributed by atoms with Crippen LogP contribution in [0.2, 0.25) is 0 Å². The molecule has 1 N–H and O–H groups in total. The van der Waals surface area contributed by atoms with Crippen molar-refractivity contribution in [3.05, 3.63) is 41.5 Å². The molecule has 1 aromatic carbocycles. The van der Waals surface area contributed by atoms with Gasteiger partial charge in [0, 0.05) is 23.6 Å². The van der Waals surface area contributed by atoms with E-state index in [1.165, 1.54) is 0 Å². The molecule has 1 unspecified atom stereocenters. The largest absolute Gasteiger partial charge is 0.366 e. The summed E-state index contributed by atoms with van der Waals surface area (Å²) in [6.07, 6.45) is 1.85. The molecule has 5 rings (SSSR count). The maximum absolute atomic E-state index is 12.8. The van der Waals surface area contributed by atoms with Gasteiger partial charge in [-0.1, -0.05) is 22.5 Å². The normalized spacial score (nSPS) is 20.0. The molecule has 0 spiro atoms. The number of H-pyrrole nitrogens is 1. The van der Waals surface area contributed by atoms with E-state index < -0.39 is 0 Å². The number of morpholine rings is 1. The summed E-state index contributed by atoms with van der Waals surface area (Å²) in [5.74, 6) is 2.06. The third kappa shape index (κ3) is 3.19. The van der Waals surface area contributed by atoms with E-state index in [-0.39, 0.29) is 12.0 Å². The fourth-order valence-electron chi connectivity index (χ4n) is 3.09. The van der Waals surface area contributed by atoms with Gasteiger partial charge in [0.1, 0.15) is 6.10 Å². The number of ether oxygens (including phenoxy) is 1. The van der Waals surface area contributed by atoms with E-state index in [9.17, 15) is 4.79 Å². The van der Waals surface area contributed by atoms with E-state index in [4.69, 9.17) is 9.26 Å². The number of amides is 1. The van der Waals surface area contributed by atoms with E-state index in [0.717, 1.165) is 18.4 Å². The predicted octanol–water partition coefficient (Wildman–Crippen LogP) is 1.34. The Balaban J connectivity index is 1.29. The lowest BCUT2D eigenvalue weighted by molar-refractivity contribution is -0.0268. The average molecular weight is 367 g/mol. The molecule has 27 heavy (non-hydrogen) atoms. The Kier molecular flexibility index (Phi) is 3.89. The fourth-order valence-corrected chi connectivity index (χ4v) is 3.09. The van der Waals surface area contributed by atoms with E-state index in [1.54, 1.807) is 17.0 Å². The van der Waals surface area contributed by atoms with Crippen molar-refractivity contribution in [1.29, 1.82) is 0 Å². The summed E-state index contributed by atoms with van der Waals surface area (Å²) >= 11 is 0. The van der Waals surface area contributed by atoms with Crippen molar-refractivity contribution in [2.75, 3.05) is 19.7 Å². The second-order valence-electron chi connectivity index (χ2n) is 6.69. The number of aromatic amines is 1. The first kappa shape index (κ1) is 16.1. The van der Waals surface area contributed by atoms with Gasteiger partial charge < -0.3 is 14.2 Å². The quantitative estimate of drug-likeness (QED) is 0.733. The molecule has 1 amide bonds. The SMILES string of the molecule is O=C(c1ccc(-c2noc(C3CC3)n2)cc1)N1CCOC(c2nn[nH]n2)C1. The molecule has 1 aliphatic heterocycles.